The molecule has 0 fully saturated rings. The lowest BCUT2D eigenvalue weighted by atomic mass is 10.0. The first-order valence-electron chi connectivity index (χ1n) is 7.18. The van der Waals surface area contributed by atoms with Gasteiger partial charge in [0.05, 0.1) is 0 Å². The van der Waals surface area contributed by atoms with Crippen molar-refractivity contribution in [3.05, 3.63) is 35.6 Å². The maximum Gasteiger partial charge on any atom is 0.127 e. The topological polar surface area (TPSA) is 15.3 Å². The molecule has 0 amide bonds. The van der Waals surface area contributed by atoms with Gasteiger partial charge in [-0.1, -0.05) is 25.1 Å². The molecule has 108 valence electrons. The van der Waals surface area contributed by atoms with Crippen molar-refractivity contribution in [3.63, 3.8) is 0 Å². The molecule has 19 heavy (non-hydrogen) atoms. The third kappa shape index (κ3) is 4.29. The smallest absolute Gasteiger partial charge is 0.127 e. The van der Waals surface area contributed by atoms with Gasteiger partial charge >= 0.3 is 0 Å². The number of likely N-dealkylation sites (N-methyl/N-ethyl adjacent to an activating group) is 1. The van der Waals surface area contributed by atoms with Gasteiger partial charge in [0, 0.05) is 23.7 Å². The Labute approximate surface area is 117 Å². The summed E-state index contributed by atoms with van der Waals surface area (Å²) in [5.74, 6) is -0.122. The van der Waals surface area contributed by atoms with Crippen LogP contribution in [0.3, 0.4) is 0 Å². The minimum atomic E-state index is -0.122. The Hall–Kier alpha value is -0.930. The van der Waals surface area contributed by atoms with Gasteiger partial charge in [0.2, 0.25) is 0 Å². The molecular formula is C16H27FN2. The second kappa shape index (κ2) is 7.61. The molecular weight excluding hydrogens is 239 g/mol. The van der Waals surface area contributed by atoms with Crippen LogP contribution in [-0.4, -0.2) is 30.6 Å². The molecule has 3 atom stereocenters. The van der Waals surface area contributed by atoms with Gasteiger partial charge in [-0.3, -0.25) is 4.90 Å². The van der Waals surface area contributed by atoms with Gasteiger partial charge in [0.1, 0.15) is 5.82 Å². The van der Waals surface area contributed by atoms with Crippen LogP contribution in [-0.2, 0) is 0 Å². The summed E-state index contributed by atoms with van der Waals surface area (Å²) in [7, 11) is 2.06. The van der Waals surface area contributed by atoms with Gasteiger partial charge in [-0.2, -0.15) is 0 Å². The Morgan fingerprint density at radius 1 is 1.21 bits per heavy atom. The third-order valence-electron chi connectivity index (χ3n) is 4.05. The summed E-state index contributed by atoms with van der Waals surface area (Å²) in [6.07, 6.45) is 1.13. The van der Waals surface area contributed by atoms with E-state index in [4.69, 9.17) is 0 Å². The molecule has 1 rings (SSSR count). The summed E-state index contributed by atoms with van der Waals surface area (Å²) in [5, 5.41) is 3.50. The van der Waals surface area contributed by atoms with Crippen LogP contribution >= 0.6 is 0 Å². The first-order chi connectivity index (χ1) is 8.99. The van der Waals surface area contributed by atoms with Crippen LogP contribution in [0.15, 0.2) is 24.3 Å². The van der Waals surface area contributed by atoms with Gasteiger partial charge in [0.25, 0.3) is 0 Å². The van der Waals surface area contributed by atoms with E-state index >= 15 is 0 Å². The first-order valence-corrected chi connectivity index (χ1v) is 7.18. The number of hydrogen-bond donors (Lipinski definition) is 1. The zero-order valence-corrected chi connectivity index (χ0v) is 12.8. The second-order valence-corrected chi connectivity index (χ2v) is 5.35. The quantitative estimate of drug-likeness (QED) is 0.811. The van der Waals surface area contributed by atoms with Gasteiger partial charge in [-0.25, -0.2) is 4.39 Å². The predicted molar refractivity (Wildman–Crippen MR) is 79.8 cm³/mol. The van der Waals surface area contributed by atoms with Crippen molar-refractivity contribution in [3.8, 4) is 0 Å². The monoisotopic (exact) mass is 266 g/mol. The lowest BCUT2D eigenvalue weighted by Crippen LogP contribution is -2.46. The molecule has 0 heterocycles. The highest BCUT2D eigenvalue weighted by atomic mass is 19.1. The molecule has 1 aromatic rings. The standard InChI is InChI=1S/C16H27FN2/c1-6-11-18-12(2)13(3)19(5)14(4)15-9-7-8-10-16(15)17/h7-10,12-14,18H,6,11H2,1-5H3. The molecule has 1 aromatic carbocycles. The van der Waals surface area contributed by atoms with E-state index in [0.717, 1.165) is 18.5 Å². The van der Waals surface area contributed by atoms with E-state index in [9.17, 15) is 4.39 Å². The van der Waals surface area contributed by atoms with Gasteiger partial charge < -0.3 is 5.32 Å². The number of nitrogens with zero attached hydrogens (tertiary/aromatic N) is 1. The van der Waals surface area contributed by atoms with Crippen LogP contribution in [0.25, 0.3) is 0 Å². The number of halogens is 1. The highest BCUT2D eigenvalue weighted by Gasteiger charge is 2.23. The first kappa shape index (κ1) is 16.1. The summed E-state index contributed by atoms with van der Waals surface area (Å²) in [4.78, 5) is 2.23. The zero-order chi connectivity index (χ0) is 14.4. The number of hydrogen-bond acceptors (Lipinski definition) is 2. The minimum absolute atomic E-state index is 0.0714. The van der Waals surface area contributed by atoms with Crippen molar-refractivity contribution in [2.45, 2.75) is 52.2 Å². The SMILES string of the molecule is CCCNC(C)C(C)N(C)C(C)c1ccccc1F. The van der Waals surface area contributed by atoms with E-state index in [-0.39, 0.29) is 11.9 Å². The molecule has 2 nitrogen and oxygen atoms in total. The molecule has 0 spiro atoms. The summed E-state index contributed by atoms with van der Waals surface area (Å²) in [5.41, 5.74) is 0.763. The van der Waals surface area contributed by atoms with E-state index in [2.05, 4.69) is 45.0 Å². The van der Waals surface area contributed by atoms with E-state index in [1.807, 2.05) is 12.1 Å². The van der Waals surface area contributed by atoms with E-state index in [1.165, 1.54) is 6.07 Å². The molecule has 0 bridgehead atoms. The molecule has 0 aliphatic heterocycles. The van der Waals surface area contributed by atoms with Gasteiger partial charge in [-0.15, -0.1) is 0 Å². The molecule has 3 heteroatoms. The summed E-state index contributed by atoms with van der Waals surface area (Å²) in [6.45, 7) is 9.61. The Morgan fingerprint density at radius 2 is 1.84 bits per heavy atom. The van der Waals surface area contributed by atoms with E-state index in [0.29, 0.717) is 12.1 Å². The molecule has 0 saturated carbocycles. The van der Waals surface area contributed by atoms with Crippen molar-refractivity contribution in [2.75, 3.05) is 13.6 Å². The van der Waals surface area contributed by atoms with Crippen LogP contribution in [0.4, 0.5) is 4.39 Å². The van der Waals surface area contributed by atoms with Crippen LogP contribution < -0.4 is 5.32 Å². The molecule has 0 saturated heterocycles. The number of benzene rings is 1. The van der Waals surface area contributed by atoms with Crippen molar-refractivity contribution in [2.24, 2.45) is 0 Å². The van der Waals surface area contributed by atoms with Gasteiger partial charge in [-0.05, 0) is 46.9 Å². The maximum absolute atomic E-state index is 13.8. The zero-order valence-electron chi connectivity index (χ0n) is 12.8. The predicted octanol–water partition coefficient (Wildman–Crippen LogP) is 3.60. The molecule has 0 aliphatic rings. The van der Waals surface area contributed by atoms with Crippen molar-refractivity contribution < 1.29 is 4.39 Å². The lowest BCUT2D eigenvalue weighted by Gasteiger charge is -2.35. The highest BCUT2D eigenvalue weighted by Crippen LogP contribution is 2.24. The average molecular weight is 266 g/mol. The molecule has 0 radical (unpaired) electrons. The number of rotatable bonds is 7. The molecule has 0 aromatic heterocycles. The van der Waals surface area contributed by atoms with Crippen LogP contribution in [0.2, 0.25) is 0 Å². The molecule has 0 aliphatic carbocycles. The fourth-order valence-corrected chi connectivity index (χ4v) is 2.28. The second-order valence-electron chi connectivity index (χ2n) is 5.35. The lowest BCUT2D eigenvalue weighted by molar-refractivity contribution is 0.162. The van der Waals surface area contributed by atoms with Gasteiger partial charge in [0.15, 0.2) is 0 Å². The normalized spacial score (nSPS) is 16.4. The Kier molecular flexibility index (Phi) is 6.46. The fourth-order valence-electron chi connectivity index (χ4n) is 2.28. The summed E-state index contributed by atoms with van der Waals surface area (Å²) in [6, 6.07) is 7.84. The van der Waals surface area contributed by atoms with Crippen LogP contribution in [0, 0.1) is 5.82 Å². The fraction of sp³-hybridized carbons (Fsp3) is 0.625. The van der Waals surface area contributed by atoms with Crippen molar-refractivity contribution in [1.82, 2.24) is 10.2 Å². The Bertz CT molecular complexity index is 381. The highest BCUT2D eigenvalue weighted by molar-refractivity contribution is 5.20. The largest absolute Gasteiger partial charge is 0.313 e. The molecule has 1 N–H and O–H groups in total. The van der Waals surface area contributed by atoms with Crippen molar-refractivity contribution in [1.29, 1.82) is 0 Å². The molecule has 3 unspecified atom stereocenters. The average Bonchev–Trinajstić information content (AvgIpc) is 2.42. The van der Waals surface area contributed by atoms with E-state index < -0.39 is 0 Å². The third-order valence-corrected chi connectivity index (χ3v) is 4.05. The maximum atomic E-state index is 13.8. The minimum Gasteiger partial charge on any atom is -0.313 e. The Morgan fingerprint density at radius 3 is 2.42 bits per heavy atom. The van der Waals surface area contributed by atoms with Crippen LogP contribution in [0.1, 0.15) is 45.7 Å². The number of nitrogens with one attached hydrogen (secondary N) is 1. The van der Waals surface area contributed by atoms with E-state index in [1.54, 1.807) is 6.07 Å². The Balaban J connectivity index is 2.71. The summed E-state index contributed by atoms with van der Waals surface area (Å²) < 4.78 is 13.8. The summed E-state index contributed by atoms with van der Waals surface area (Å²) >= 11 is 0. The van der Waals surface area contributed by atoms with Crippen LogP contribution in [0.5, 0.6) is 0 Å². The van der Waals surface area contributed by atoms with Crippen molar-refractivity contribution >= 4 is 0 Å².